The van der Waals surface area contributed by atoms with Gasteiger partial charge < -0.3 is 5.32 Å². The van der Waals surface area contributed by atoms with E-state index in [2.05, 4.69) is 10.3 Å². The number of anilines is 1. The van der Waals surface area contributed by atoms with E-state index < -0.39 is 21.8 Å². The molecule has 2 aromatic rings. The Balaban J connectivity index is 1.84. The van der Waals surface area contributed by atoms with E-state index in [9.17, 15) is 18.0 Å². The number of hydrogen-bond acceptors (Lipinski definition) is 5. The summed E-state index contributed by atoms with van der Waals surface area (Å²) in [7, 11) is -3.75. The summed E-state index contributed by atoms with van der Waals surface area (Å²) in [6, 6.07) is 7.75. The average molecular weight is 380 g/mol. The Labute approximate surface area is 149 Å². The van der Waals surface area contributed by atoms with Crippen LogP contribution in [0.25, 0.3) is 0 Å². The van der Waals surface area contributed by atoms with Crippen LogP contribution in [0.3, 0.4) is 0 Å². The summed E-state index contributed by atoms with van der Waals surface area (Å²) in [5.74, 6) is -1.24. The van der Waals surface area contributed by atoms with Crippen molar-refractivity contribution in [2.75, 3.05) is 10.1 Å². The molecule has 3 rings (SSSR count). The predicted molar refractivity (Wildman–Crippen MR) is 92.7 cm³/mol. The first kappa shape index (κ1) is 17.4. The van der Waals surface area contributed by atoms with E-state index in [1.54, 1.807) is 18.5 Å². The number of sulfonamides is 1. The van der Waals surface area contributed by atoms with Crippen molar-refractivity contribution in [2.24, 2.45) is 0 Å². The lowest BCUT2D eigenvalue weighted by molar-refractivity contribution is -0.116. The minimum Gasteiger partial charge on any atom is -0.348 e. The van der Waals surface area contributed by atoms with Crippen LogP contribution < -0.4 is 9.62 Å². The summed E-state index contributed by atoms with van der Waals surface area (Å²) in [5, 5.41) is 2.80. The molecule has 1 fully saturated rings. The van der Waals surface area contributed by atoms with Gasteiger partial charge in [0.25, 0.3) is 5.91 Å². The van der Waals surface area contributed by atoms with Gasteiger partial charge in [0.05, 0.1) is 16.5 Å². The van der Waals surface area contributed by atoms with Crippen molar-refractivity contribution in [3.05, 3.63) is 58.9 Å². The largest absolute Gasteiger partial charge is 0.348 e. The number of halogens is 1. The van der Waals surface area contributed by atoms with Crippen molar-refractivity contribution in [3.63, 3.8) is 0 Å². The summed E-state index contributed by atoms with van der Waals surface area (Å²) in [5.41, 5.74) is 1.03. The zero-order chi connectivity index (χ0) is 18.0. The number of hydrogen-bond donors (Lipinski definition) is 1. The fraction of sp³-hybridized carbons (Fsp3) is 0.188. The molecule has 1 saturated heterocycles. The second-order valence-corrected chi connectivity index (χ2v) is 7.78. The Kier molecular flexibility index (Phi) is 4.73. The molecule has 0 saturated carbocycles. The van der Waals surface area contributed by atoms with Crippen LogP contribution in [0, 0.1) is 0 Å². The van der Waals surface area contributed by atoms with E-state index >= 15 is 0 Å². The standard InChI is InChI=1S/C16H14ClN3O4S/c17-13-4-3-12(16(22)19-10-11-2-1-6-18-9-11)8-14(13)20-15(21)5-7-25(20,23)24/h1-4,6,8-9H,5,7,10H2,(H,19,22). The van der Waals surface area contributed by atoms with Crippen molar-refractivity contribution in [3.8, 4) is 0 Å². The highest BCUT2D eigenvalue weighted by molar-refractivity contribution is 7.94. The third-order valence-corrected chi connectivity index (χ3v) is 5.68. The molecule has 130 valence electrons. The van der Waals surface area contributed by atoms with Crippen molar-refractivity contribution >= 4 is 39.1 Å². The summed E-state index contributed by atoms with van der Waals surface area (Å²) < 4.78 is 24.8. The monoisotopic (exact) mass is 379 g/mol. The van der Waals surface area contributed by atoms with Crippen LogP contribution in [0.5, 0.6) is 0 Å². The third-order valence-electron chi connectivity index (χ3n) is 3.68. The number of amides is 2. The van der Waals surface area contributed by atoms with E-state index in [1.165, 1.54) is 18.2 Å². The smallest absolute Gasteiger partial charge is 0.251 e. The van der Waals surface area contributed by atoms with E-state index in [0.29, 0.717) is 4.31 Å². The van der Waals surface area contributed by atoms with Gasteiger partial charge >= 0.3 is 0 Å². The summed E-state index contributed by atoms with van der Waals surface area (Å²) in [6.07, 6.45) is 3.16. The van der Waals surface area contributed by atoms with Crippen LogP contribution in [0.2, 0.25) is 5.02 Å². The van der Waals surface area contributed by atoms with Crippen LogP contribution >= 0.6 is 11.6 Å². The maximum absolute atomic E-state index is 12.3. The second-order valence-electron chi connectivity index (χ2n) is 5.43. The maximum atomic E-state index is 12.3. The Bertz CT molecular complexity index is 932. The fourth-order valence-electron chi connectivity index (χ4n) is 2.45. The SMILES string of the molecule is O=C(NCc1cccnc1)c1ccc(Cl)c(N2C(=O)CCS2(=O)=O)c1. The Morgan fingerprint density at radius 2 is 2.12 bits per heavy atom. The van der Waals surface area contributed by atoms with Gasteiger partial charge in [-0.2, -0.15) is 0 Å². The van der Waals surface area contributed by atoms with Gasteiger partial charge in [-0.3, -0.25) is 14.6 Å². The highest BCUT2D eigenvalue weighted by Crippen LogP contribution is 2.32. The molecule has 9 heteroatoms. The van der Waals surface area contributed by atoms with E-state index in [4.69, 9.17) is 11.6 Å². The Morgan fingerprint density at radius 3 is 2.76 bits per heavy atom. The van der Waals surface area contributed by atoms with Gasteiger partial charge in [0.1, 0.15) is 0 Å². The molecule has 1 aliphatic rings. The molecule has 0 unspecified atom stereocenters. The zero-order valence-electron chi connectivity index (χ0n) is 13.0. The number of benzene rings is 1. The number of aromatic nitrogens is 1. The highest BCUT2D eigenvalue weighted by atomic mass is 35.5. The van der Waals surface area contributed by atoms with Crippen molar-refractivity contribution in [1.82, 2.24) is 10.3 Å². The molecule has 0 bridgehead atoms. The van der Waals surface area contributed by atoms with Crippen molar-refractivity contribution in [1.29, 1.82) is 0 Å². The molecular weight excluding hydrogens is 366 g/mol. The minimum atomic E-state index is -3.75. The van der Waals surface area contributed by atoms with E-state index in [1.807, 2.05) is 6.07 Å². The molecule has 25 heavy (non-hydrogen) atoms. The molecule has 2 amide bonds. The van der Waals surface area contributed by atoms with Gasteiger partial charge in [0.15, 0.2) is 0 Å². The van der Waals surface area contributed by atoms with Gasteiger partial charge in [-0.05, 0) is 29.8 Å². The average Bonchev–Trinajstić information content (AvgIpc) is 2.87. The number of nitrogens with zero attached hydrogens (tertiary/aromatic N) is 2. The first-order valence-electron chi connectivity index (χ1n) is 7.41. The Morgan fingerprint density at radius 1 is 1.32 bits per heavy atom. The Hall–Kier alpha value is -2.45. The van der Waals surface area contributed by atoms with Crippen molar-refractivity contribution < 1.29 is 18.0 Å². The van der Waals surface area contributed by atoms with Gasteiger partial charge in [-0.25, -0.2) is 12.7 Å². The lowest BCUT2D eigenvalue weighted by Gasteiger charge is -2.17. The summed E-state index contributed by atoms with van der Waals surface area (Å²) in [4.78, 5) is 28.2. The van der Waals surface area contributed by atoms with Gasteiger partial charge in [-0.1, -0.05) is 17.7 Å². The normalized spacial score (nSPS) is 16.0. The van der Waals surface area contributed by atoms with Gasteiger partial charge in [0, 0.05) is 30.9 Å². The third kappa shape index (κ3) is 3.64. The molecule has 1 N–H and O–H groups in total. The first-order chi connectivity index (χ1) is 11.9. The second kappa shape index (κ2) is 6.81. The number of rotatable bonds is 4. The van der Waals surface area contributed by atoms with Crippen LogP contribution in [0.1, 0.15) is 22.3 Å². The number of nitrogens with one attached hydrogen (secondary N) is 1. The minimum absolute atomic E-state index is 0.00167. The molecule has 0 atom stereocenters. The van der Waals surface area contributed by atoms with E-state index in [-0.39, 0.29) is 35.0 Å². The molecule has 0 spiro atoms. The quantitative estimate of drug-likeness (QED) is 0.872. The van der Waals surface area contributed by atoms with Crippen LogP contribution in [0.4, 0.5) is 5.69 Å². The molecular formula is C16H14ClN3O4S. The lowest BCUT2D eigenvalue weighted by atomic mass is 10.1. The summed E-state index contributed by atoms with van der Waals surface area (Å²) in [6.45, 7) is 0.269. The molecule has 7 nitrogen and oxygen atoms in total. The van der Waals surface area contributed by atoms with Crippen molar-refractivity contribution in [2.45, 2.75) is 13.0 Å². The molecule has 0 aliphatic carbocycles. The zero-order valence-corrected chi connectivity index (χ0v) is 14.5. The van der Waals surface area contributed by atoms with Crippen LogP contribution in [-0.2, 0) is 21.4 Å². The van der Waals surface area contributed by atoms with Gasteiger partial charge in [-0.15, -0.1) is 0 Å². The van der Waals surface area contributed by atoms with Gasteiger partial charge in [0.2, 0.25) is 15.9 Å². The molecule has 1 aromatic carbocycles. The van der Waals surface area contributed by atoms with Crippen LogP contribution in [-0.4, -0.2) is 31.0 Å². The number of pyridine rings is 1. The molecule has 1 aliphatic heterocycles. The molecule has 2 heterocycles. The number of carbonyl (C=O) groups excluding carboxylic acids is 2. The fourth-order valence-corrected chi connectivity index (χ4v) is 4.16. The first-order valence-corrected chi connectivity index (χ1v) is 9.40. The van der Waals surface area contributed by atoms with E-state index in [0.717, 1.165) is 5.56 Å². The number of carbonyl (C=O) groups is 2. The highest BCUT2D eigenvalue weighted by Gasteiger charge is 2.37. The predicted octanol–water partition coefficient (Wildman–Crippen LogP) is 1.73. The topological polar surface area (TPSA) is 96.4 Å². The maximum Gasteiger partial charge on any atom is 0.251 e. The van der Waals surface area contributed by atoms with Crippen LogP contribution in [0.15, 0.2) is 42.7 Å². The molecule has 1 aromatic heterocycles. The lowest BCUT2D eigenvalue weighted by Crippen LogP contribution is -2.30. The molecule has 0 radical (unpaired) electrons. The summed E-state index contributed by atoms with van der Waals surface area (Å²) >= 11 is 6.05.